The number of carbonyl (C=O) groups excluding carboxylic acids is 1. The Hall–Kier alpha value is -3.70. The van der Waals surface area contributed by atoms with E-state index in [0.717, 1.165) is 0 Å². The lowest BCUT2D eigenvalue weighted by Gasteiger charge is -2.08. The van der Waals surface area contributed by atoms with Gasteiger partial charge >= 0.3 is 0 Å². The third-order valence-electron chi connectivity index (χ3n) is 3.49. The Balaban J connectivity index is 1.81. The van der Waals surface area contributed by atoms with Gasteiger partial charge in [-0.15, -0.1) is 0 Å². The number of H-pyrrole nitrogens is 1. The fourth-order valence-electron chi connectivity index (χ4n) is 2.29. The molecule has 2 aromatic heterocycles. The highest BCUT2D eigenvalue weighted by atomic mass is 35.5. The molecule has 0 unspecified atom stereocenters. The fourth-order valence-corrected chi connectivity index (χ4v) is 2.47. The molecule has 3 aromatic rings. The first-order valence-corrected chi connectivity index (χ1v) is 8.09. The van der Waals surface area contributed by atoms with E-state index >= 15 is 0 Å². The van der Waals surface area contributed by atoms with Crippen LogP contribution in [0.25, 0.3) is 11.3 Å². The summed E-state index contributed by atoms with van der Waals surface area (Å²) in [6, 6.07) is 8.63. The lowest BCUT2D eigenvalue weighted by atomic mass is 10.1. The predicted molar refractivity (Wildman–Crippen MR) is 102 cm³/mol. The van der Waals surface area contributed by atoms with Crippen molar-refractivity contribution < 1.29 is 14.4 Å². The van der Waals surface area contributed by atoms with Crippen LogP contribution < -0.4 is 21.8 Å². The number of aromatic amines is 1. The maximum Gasteiger partial charge on any atom is 0.273 e. The van der Waals surface area contributed by atoms with Gasteiger partial charge in [0, 0.05) is 11.8 Å². The van der Waals surface area contributed by atoms with Crippen LogP contribution in [0.2, 0.25) is 5.02 Å². The number of nitrogens with zero attached hydrogens (tertiary/aromatic N) is 2. The molecule has 0 bridgehead atoms. The Morgan fingerprint density at radius 3 is 2.61 bits per heavy atom. The molecule has 0 fully saturated rings. The van der Waals surface area contributed by atoms with Gasteiger partial charge in [0.2, 0.25) is 5.95 Å². The zero-order valence-electron chi connectivity index (χ0n) is 14.0. The van der Waals surface area contributed by atoms with Crippen LogP contribution in [0.4, 0.5) is 22.0 Å². The summed E-state index contributed by atoms with van der Waals surface area (Å²) in [6.07, 6.45) is 0. The molecule has 0 saturated carbocycles. The number of hydrogen-bond acceptors (Lipinski definition) is 6. The highest BCUT2D eigenvalue weighted by Crippen LogP contribution is 2.24. The van der Waals surface area contributed by atoms with Crippen LogP contribution in [0.1, 0.15) is 10.5 Å². The number of amides is 1. The van der Waals surface area contributed by atoms with E-state index in [0.29, 0.717) is 11.3 Å². The molecule has 0 saturated heterocycles. The number of aromatic nitrogens is 3. The van der Waals surface area contributed by atoms with Gasteiger partial charge in [0.05, 0.1) is 5.02 Å². The van der Waals surface area contributed by atoms with Gasteiger partial charge in [-0.05, 0) is 35.9 Å². The highest BCUT2D eigenvalue weighted by Gasteiger charge is 2.13. The summed E-state index contributed by atoms with van der Waals surface area (Å²) < 4.78 is 13.3. The average molecular weight is 405 g/mol. The molecule has 0 spiro atoms. The van der Waals surface area contributed by atoms with Crippen molar-refractivity contribution in [2.75, 3.05) is 16.1 Å². The van der Waals surface area contributed by atoms with E-state index in [1.165, 1.54) is 30.3 Å². The Morgan fingerprint density at radius 2 is 1.93 bits per heavy atom. The van der Waals surface area contributed by atoms with Gasteiger partial charge in [0.15, 0.2) is 11.8 Å². The molecule has 1 amide bonds. The van der Waals surface area contributed by atoms with Gasteiger partial charge in [-0.2, -0.15) is 9.97 Å². The van der Waals surface area contributed by atoms with Crippen LogP contribution in [0.3, 0.4) is 0 Å². The largest absolute Gasteiger partial charge is 0.370 e. The van der Waals surface area contributed by atoms with E-state index in [4.69, 9.17) is 28.0 Å². The minimum Gasteiger partial charge on any atom is -0.370 e. The summed E-state index contributed by atoms with van der Waals surface area (Å²) in [7, 11) is 0. The number of carbonyl (C=O) groups is 1. The fraction of sp³-hybridized carbons (Fsp3) is 0. The maximum absolute atomic E-state index is 13.3. The molecule has 8 N–H and O–H groups in total. The molecule has 10 nitrogen and oxygen atoms in total. The van der Waals surface area contributed by atoms with Gasteiger partial charge < -0.3 is 16.0 Å². The van der Waals surface area contributed by atoms with Gasteiger partial charge in [-0.1, -0.05) is 11.6 Å². The third-order valence-corrected chi connectivity index (χ3v) is 3.78. The van der Waals surface area contributed by atoms with Crippen molar-refractivity contribution in [1.29, 1.82) is 5.41 Å². The molecule has 0 aliphatic rings. The topological polar surface area (TPSA) is 165 Å². The quantitative estimate of drug-likeness (QED) is 0.195. The first kappa shape index (κ1) is 19.1. The predicted octanol–water partition coefficient (Wildman–Crippen LogP) is 2.62. The normalized spacial score (nSPS) is 10.4. The van der Waals surface area contributed by atoms with E-state index in [-0.39, 0.29) is 28.3 Å². The van der Waals surface area contributed by atoms with Crippen molar-refractivity contribution in [2.24, 2.45) is 5.73 Å². The summed E-state index contributed by atoms with van der Waals surface area (Å²) >= 11 is 5.78. The van der Waals surface area contributed by atoms with E-state index in [1.807, 2.05) is 5.48 Å². The number of halogens is 2. The number of benzene rings is 1. The number of guanidine groups is 1. The van der Waals surface area contributed by atoms with Crippen molar-refractivity contribution >= 4 is 41.1 Å². The van der Waals surface area contributed by atoms with Crippen LogP contribution in [0.5, 0.6) is 0 Å². The standard InChI is InChI=1S/C16H14ClFN8O2/c17-8-5-7(1-2-9(8)18)10-3-4-11(21-10)14(27)22-12-6-13(26-28)24-16(23-12)25-15(19)20/h1-6,21,28H,(H6,19,20,22,23,24,25,26,27). The molecule has 0 aliphatic carbocycles. The molecular formula is C16H14ClFN8O2. The van der Waals surface area contributed by atoms with Crippen molar-refractivity contribution in [2.45, 2.75) is 0 Å². The van der Waals surface area contributed by atoms with Gasteiger partial charge in [-0.3, -0.25) is 26.2 Å². The Labute approximate surface area is 162 Å². The van der Waals surface area contributed by atoms with E-state index in [1.54, 1.807) is 6.07 Å². The van der Waals surface area contributed by atoms with Crippen LogP contribution in [0.15, 0.2) is 36.4 Å². The molecule has 1 aromatic carbocycles. The molecule has 0 radical (unpaired) electrons. The van der Waals surface area contributed by atoms with Gasteiger partial charge in [0.25, 0.3) is 5.91 Å². The van der Waals surface area contributed by atoms with Crippen LogP contribution in [0, 0.1) is 11.2 Å². The molecule has 3 rings (SSSR count). The van der Waals surface area contributed by atoms with Crippen LogP contribution in [-0.2, 0) is 0 Å². The molecule has 2 heterocycles. The SMILES string of the molecule is N=C(N)Nc1nc(NO)cc(NC(=O)c2ccc(-c3ccc(F)c(Cl)c3)[nH]2)n1. The van der Waals surface area contributed by atoms with Crippen LogP contribution in [-0.4, -0.2) is 32.0 Å². The minimum atomic E-state index is -0.540. The highest BCUT2D eigenvalue weighted by molar-refractivity contribution is 6.31. The second kappa shape index (κ2) is 7.90. The van der Waals surface area contributed by atoms with Crippen molar-refractivity contribution in [3.63, 3.8) is 0 Å². The van der Waals surface area contributed by atoms with Crippen LogP contribution >= 0.6 is 11.6 Å². The molecular weight excluding hydrogens is 391 g/mol. The molecule has 0 atom stereocenters. The summed E-state index contributed by atoms with van der Waals surface area (Å²) in [4.78, 5) is 23.2. The molecule has 28 heavy (non-hydrogen) atoms. The summed E-state index contributed by atoms with van der Waals surface area (Å²) in [5.41, 5.74) is 8.41. The first-order chi connectivity index (χ1) is 13.4. The van der Waals surface area contributed by atoms with Gasteiger partial charge in [-0.25, -0.2) is 4.39 Å². The number of rotatable bonds is 5. The number of hydrogen-bond donors (Lipinski definition) is 7. The zero-order valence-corrected chi connectivity index (χ0v) is 14.8. The number of anilines is 3. The first-order valence-electron chi connectivity index (χ1n) is 7.71. The van der Waals surface area contributed by atoms with Crippen molar-refractivity contribution in [3.8, 4) is 11.3 Å². The minimum absolute atomic E-state index is 0.0258. The van der Waals surface area contributed by atoms with Crippen molar-refractivity contribution in [1.82, 2.24) is 15.0 Å². The van der Waals surface area contributed by atoms with Crippen molar-refractivity contribution in [3.05, 3.63) is 52.9 Å². The molecule has 0 aliphatic heterocycles. The van der Waals surface area contributed by atoms with E-state index in [2.05, 4.69) is 25.6 Å². The second-order valence-corrected chi connectivity index (χ2v) is 5.89. The maximum atomic E-state index is 13.3. The lowest BCUT2D eigenvalue weighted by molar-refractivity contribution is 0.102. The lowest BCUT2D eigenvalue weighted by Crippen LogP contribution is -2.23. The number of nitrogens with one attached hydrogen (secondary N) is 5. The molecule has 12 heteroatoms. The summed E-state index contributed by atoms with van der Waals surface area (Å²) in [5.74, 6) is -1.57. The average Bonchev–Trinajstić information content (AvgIpc) is 3.13. The molecule has 144 valence electrons. The number of nitrogens with two attached hydrogens (primary N) is 1. The Bertz CT molecular complexity index is 1050. The van der Waals surface area contributed by atoms with E-state index < -0.39 is 17.7 Å². The smallest absolute Gasteiger partial charge is 0.273 e. The third kappa shape index (κ3) is 4.34. The summed E-state index contributed by atoms with van der Waals surface area (Å²) in [5, 5.41) is 21.1. The van der Waals surface area contributed by atoms with Gasteiger partial charge in [0.1, 0.15) is 17.3 Å². The zero-order chi connectivity index (χ0) is 20.3. The second-order valence-electron chi connectivity index (χ2n) is 5.48. The Kier molecular flexibility index (Phi) is 5.38. The van der Waals surface area contributed by atoms with E-state index in [9.17, 15) is 9.18 Å². The monoisotopic (exact) mass is 404 g/mol. The Morgan fingerprint density at radius 1 is 1.18 bits per heavy atom. The summed E-state index contributed by atoms with van der Waals surface area (Å²) in [6.45, 7) is 0.